The van der Waals surface area contributed by atoms with Crippen molar-refractivity contribution in [3.8, 4) is 5.75 Å². The van der Waals surface area contributed by atoms with E-state index in [1.165, 1.54) is 0 Å². The summed E-state index contributed by atoms with van der Waals surface area (Å²) in [5.41, 5.74) is 6.80. The molecule has 4 rings (SSSR count). The first-order valence-corrected chi connectivity index (χ1v) is 9.09. The number of carbonyl (C=O) groups excluding carboxylic acids is 1. The van der Waals surface area contributed by atoms with Gasteiger partial charge in [0.25, 0.3) is 0 Å². The minimum Gasteiger partial charge on any atom is -0.488 e. The maximum atomic E-state index is 11.9. The molecule has 1 fully saturated rings. The van der Waals surface area contributed by atoms with Gasteiger partial charge in [-0.05, 0) is 38.1 Å². The van der Waals surface area contributed by atoms with Crippen molar-refractivity contribution in [2.75, 3.05) is 25.7 Å². The third kappa shape index (κ3) is 2.67. The Bertz CT molecular complexity index is 869. The van der Waals surface area contributed by atoms with E-state index < -0.39 is 5.54 Å². The predicted molar refractivity (Wildman–Crippen MR) is 96.2 cm³/mol. The molecule has 132 valence electrons. The highest BCUT2D eigenvalue weighted by atomic mass is 32.2. The first-order valence-electron chi connectivity index (χ1n) is 8.10. The molecule has 1 aromatic heterocycles. The maximum absolute atomic E-state index is 11.9. The molecule has 2 aromatic rings. The van der Waals surface area contributed by atoms with Gasteiger partial charge in [0.2, 0.25) is 5.91 Å². The van der Waals surface area contributed by atoms with Gasteiger partial charge in [0.05, 0.1) is 19.1 Å². The van der Waals surface area contributed by atoms with Crippen LogP contribution in [0.25, 0.3) is 11.0 Å². The predicted octanol–water partition coefficient (Wildman–Crippen LogP) is 2.61. The smallest absolute Gasteiger partial charge is 0.248 e. The minimum atomic E-state index is -0.702. The number of nitrogens with zero attached hydrogens (tertiary/aromatic N) is 1. The van der Waals surface area contributed by atoms with Gasteiger partial charge < -0.3 is 24.5 Å². The SMILES string of the molecule is CC1=C(COc2ccc3oc(C)cc3c2)SCN1C1(C(N)=O)COC1. The van der Waals surface area contributed by atoms with E-state index in [-0.39, 0.29) is 5.91 Å². The molecule has 0 aliphatic carbocycles. The van der Waals surface area contributed by atoms with Gasteiger partial charge >= 0.3 is 0 Å². The van der Waals surface area contributed by atoms with Crippen molar-refractivity contribution in [2.45, 2.75) is 19.4 Å². The number of furan rings is 1. The fourth-order valence-electron chi connectivity index (χ4n) is 3.20. The average molecular weight is 360 g/mol. The lowest BCUT2D eigenvalue weighted by molar-refractivity contribution is -0.160. The summed E-state index contributed by atoms with van der Waals surface area (Å²) >= 11 is 1.68. The van der Waals surface area contributed by atoms with Gasteiger partial charge in [-0.25, -0.2) is 0 Å². The Labute approximate surface area is 149 Å². The molecule has 2 aliphatic heterocycles. The molecule has 2 N–H and O–H groups in total. The number of ether oxygens (including phenoxy) is 2. The number of nitrogens with two attached hydrogens (primary N) is 1. The van der Waals surface area contributed by atoms with Crippen LogP contribution in [0.5, 0.6) is 5.75 Å². The van der Waals surface area contributed by atoms with Crippen LogP contribution in [0.15, 0.2) is 39.3 Å². The van der Waals surface area contributed by atoms with Crippen LogP contribution in [0, 0.1) is 6.92 Å². The summed E-state index contributed by atoms with van der Waals surface area (Å²) in [6, 6.07) is 7.79. The molecule has 1 saturated heterocycles. The lowest BCUT2D eigenvalue weighted by Crippen LogP contribution is -2.68. The average Bonchev–Trinajstić information content (AvgIpc) is 3.06. The Hall–Kier alpha value is -2.12. The summed E-state index contributed by atoms with van der Waals surface area (Å²) in [4.78, 5) is 15.0. The second-order valence-electron chi connectivity index (χ2n) is 6.44. The molecule has 7 heteroatoms. The van der Waals surface area contributed by atoms with E-state index >= 15 is 0 Å². The Kier molecular flexibility index (Phi) is 3.92. The van der Waals surface area contributed by atoms with E-state index in [1.807, 2.05) is 43.0 Å². The second kappa shape index (κ2) is 6.00. The molecule has 1 aromatic carbocycles. The van der Waals surface area contributed by atoms with Crippen LogP contribution in [0.4, 0.5) is 0 Å². The van der Waals surface area contributed by atoms with Crippen molar-refractivity contribution < 1.29 is 18.7 Å². The number of rotatable bonds is 5. The normalized spacial score (nSPS) is 19.4. The monoisotopic (exact) mass is 360 g/mol. The summed E-state index contributed by atoms with van der Waals surface area (Å²) in [6.07, 6.45) is 0. The van der Waals surface area contributed by atoms with Crippen molar-refractivity contribution in [3.63, 3.8) is 0 Å². The largest absolute Gasteiger partial charge is 0.488 e. The van der Waals surface area contributed by atoms with E-state index in [0.717, 1.165) is 33.1 Å². The van der Waals surface area contributed by atoms with E-state index in [1.54, 1.807) is 11.8 Å². The summed E-state index contributed by atoms with van der Waals surface area (Å²) in [7, 11) is 0. The lowest BCUT2D eigenvalue weighted by atomic mass is 9.94. The van der Waals surface area contributed by atoms with Crippen LogP contribution >= 0.6 is 11.8 Å². The number of aryl methyl sites for hydroxylation is 1. The van der Waals surface area contributed by atoms with Crippen molar-refractivity contribution >= 4 is 28.6 Å². The van der Waals surface area contributed by atoms with Crippen LogP contribution in [0.3, 0.4) is 0 Å². The molecule has 0 radical (unpaired) electrons. The zero-order valence-corrected chi connectivity index (χ0v) is 15.0. The Morgan fingerprint density at radius 3 is 2.84 bits per heavy atom. The molecule has 0 unspecified atom stereocenters. The van der Waals surface area contributed by atoms with Crippen molar-refractivity contribution in [2.24, 2.45) is 5.73 Å². The number of amides is 1. The van der Waals surface area contributed by atoms with Crippen LogP contribution in [0.2, 0.25) is 0 Å². The highest BCUT2D eigenvalue weighted by molar-refractivity contribution is 8.03. The molecule has 0 saturated carbocycles. The van der Waals surface area contributed by atoms with Gasteiger partial charge in [-0.3, -0.25) is 4.79 Å². The number of fused-ring (bicyclic) bond motifs is 1. The fraction of sp³-hybridized carbons (Fsp3) is 0.389. The number of hydrogen-bond donors (Lipinski definition) is 1. The van der Waals surface area contributed by atoms with Gasteiger partial charge in [0, 0.05) is 16.0 Å². The zero-order valence-electron chi connectivity index (χ0n) is 14.2. The molecule has 25 heavy (non-hydrogen) atoms. The van der Waals surface area contributed by atoms with Crippen molar-refractivity contribution in [1.82, 2.24) is 4.90 Å². The Morgan fingerprint density at radius 2 is 2.16 bits per heavy atom. The molecular formula is C18H20N2O4S. The van der Waals surface area contributed by atoms with Crippen LogP contribution in [0.1, 0.15) is 12.7 Å². The molecule has 0 atom stereocenters. The van der Waals surface area contributed by atoms with Crippen molar-refractivity contribution in [1.29, 1.82) is 0 Å². The quantitative estimate of drug-likeness (QED) is 0.883. The van der Waals surface area contributed by atoms with E-state index in [2.05, 4.69) is 0 Å². The van der Waals surface area contributed by atoms with Gasteiger partial charge in [-0.2, -0.15) is 0 Å². The number of hydrogen-bond acceptors (Lipinski definition) is 6. The molecule has 3 heterocycles. The molecule has 0 bridgehead atoms. The van der Waals surface area contributed by atoms with Gasteiger partial charge in [0.1, 0.15) is 23.7 Å². The summed E-state index contributed by atoms with van der Waals surface area (Å²) in [6.45, 7) is 5.10. The van der Waals surface area contributed by atoms with E-state index in [0.29, 0.717) is 25.7 Å². The van der Waals surface area contributed by atoms with Gasteiger partial charge in [0.15, 0.2) is 5.54 Å². The number of carbonyl (C=O) groups is 1. The minimum absolute atomic E-state index is 0.332. The van der Waals surface area contributed by atoms with Crippen LogP contribution in [-0.4, -0.2) is 42.0 Å². The molecule has 2 aliphatic rings. The summed E-state index contributed by atoms with van der Waals surface area (Å²) in [5, 5.41) is 1.03. The topological polar surface area (TPSA) is 77.9 Å². The Morgan fingerprint density at radius 1 is 1.36 bits per heavy atom. The van der Waals surface area contributed by atoms with Crippen molar-refractivity contribution in [3.05, 3.63) is 40.6 Å². The number of thioether (sulfide) groups is 1. The zero-order chi connectivity index (χ0) is 17.6. The highest BCUT2D eigenvalue weighted by Crippen LogP contribution is 2.40. The Balaban J connectivity index is 1.49. The lowest BCUT2D eigenvalue weighted by Gasteiger charge is -2.46. The van der Waals surface area contributed by atoms with Crippen LogP contribution in [-0.2, 0) is 9.53 Å². The van der Waals surface area contributed by atoms with E-state index in [9.17, 15) is 4.79 Å². The standard InChI is InChI=1S/C18H20N2O4S/c1-11-5-13-6-14(3-4-15(13)24-11)23-7-16-12(2)20(10-25-16)18(17(19)21)8-22-9-18/h3-6H,7-10H2,1-2H3,(H2,19,21). The number of primary amides is 1. The van der Waals surface area contributed by atoms with Gasteiger partial charge in [-0.15, -0.1) is 11.8 Å². The highest BCUT2D eigenvalue weighted by Gasteiger charge is 2.51. The third-order valence-electron chi connectivity index (χ3n) is 4.81. The van der Waals surface area contributed by atoms with E-state index in [4.69, 9.17) is 19.6 Å². The summed E-state index contributed by atoms with van der Waals surface area (Å²) < 4.78 is 16.8. The first kappa shape index (κ1) is 16.4. The molecular weight excluding hydrogens is 340 g/mol. The second-order valence-corrected chi connectivity index (χ2v) is 7.48. The molecule has 6 nitrogen and oxygen atoms in total. The maximum Gasteiger partial charge on any atom is 0.248 e. The molecule has 1 amide bonds. The van der Waals surface area contributed by atoms with Gasteiger partial charge in [-0.1, -0.05) is 0 Å². The number of allylic oxidation sites excluding steroid dienone is 1. The fourth-order valence-corrected chi connectivity index (χ4v) is 4.39. The first-order chi connectivity index (χ1) is 12.0. The third-order valence-corrected chi connectivity index (χ3v) is 5.96. The van der Waals surface area contributed by atoms with Crippen LogP contribution < -0.4 is 10.5 Å². The number of benzene rings is 1. The summed E-state index contributed by atoms with van der Waals surface area (Å²) in [5.74, 6) is 2.04. The molecule has 0 spiro atoms.